The molecule has 0 bridgehead atoms. The fourth-order valence-corrected chi connectivity index (χ4v) is 1.04. The highest BCUT2D eigenvalue weighted by molar-refractivity contribution is 5.33. The Morgan fingerprint density at radius 2 is 1.50 bits per heavy atom. The molecule has 0 aliphatic heterocycles. The zero-order valence-electron chi connectivity index (χ0n) is 10.5. The molecule has 0 aliphatic carbocycles. The summed E-state index contributed by atoms with van der Waals surface area (Å²) in [7, 11) is 6.81. The van der Waals surface area contributed by atoms with E-state index in [0.717, 1.165) is 12.0 Å². The summed E-state index contributed by atoms with van der Waals surface area (Å²) in [6, 6.07) is 0. The Kier molecular flexibility index (Phi) is 8.10. The standard InChI is InChI=1S/C8H12N2O2.C2H8N2/c1-4-6-7(11-2)9-5-10-8(6)12-3;1-3-4-2/h5H,4H2,1-3H3;3-4H,1-2H3. The minimum atomic E-state index is 0.587. The normalized spacial score (nSPS) is 9.06. The number of nitrogens with zero attached hydrogens (tertiary/aromatic N) is 2. The Balaban J connectivity index is 0.000000487. The summed E-state index contributed by atoms with van der Waals surface area (Å²) in [5.41, 5.74) is 6.27. The largest absolute Gasteiger partial charge is 0.481 e. The maximum absolute atomic E-state index is 5.05. The van der Waals surface area contributed by atoms with Crippen LogP contribution < -0.4 is 20.3 Å². The lowest BCUT2D eigenvalue weighted by atomic mass is 10.2. The lowest BCUT2D eigenvalue weighted by molar-refractivity contribution is 0.363. The van der Waals surface area contributed by atoms with Crippen molar-refractivity contribution in [3.63, 3.8) is 0 Å². The van der Waals surface area contributed by atoms with E-state index < -0.39 is 0 Å². The van der Waals surface area contributed by atoms with Crippen molar-refractivity contribution in [1.82, 2.24) is 20.8 Å². The van der Waals surface area contributed by atoms with Crippen molar-refractivity contribution in [2.45, 2.75) is 13.3 Å². The molecule has 0 aliphatic rings. The van der Waals surface area contributed by atoms with Gasteiger partial charge in [-0.05, 0) is 20.5 Å². The van der Waals surface area contributed by atoms with Crippen molar-refractivity contribution >= 4 is 0 Å². The van der Waals surface area contributed by atoms with Crippen molar-refractivity contribution in [2.24, 2.45) is 0 Å². The van der Waals surface area contributed by atoms with Gasteiger partial charge >= 0.3 is 0 Å². The van der Waals surface area contributed by atoms with Crippen LogP contribution >= 0.6 is 0 Å². The van der Waals surface area contributed by atoms with Gasteiger partial charge in [0.2, 0.25) is 11.8 Å². The molecule has 0 fully saturated rings. The van der Waals surface area contributed by atoms with Crippen LogP contribution in [0, 0.1) is 0 Å². The van der Waals surface area contributed by atoms with Crippen LogP contribution in [-0.4, -0.2) is 38.3 Å². The van der Waals surface area contributed by atoms with Crippen LogP contribution in [0.25, 0.3) is 0 Å². The molecule has 6 nitrogen and oxygen atoms in total. The molecule has 0 aromatic carbocycles. The van der Waals surface area contributed by atoms with E-state index in [4.69, 9.17) is 9.47 Å². The SMILES string of the molecule is CCc1c(OC)ncnc1OC.CNNC. The first-order chi connectivity index (χ1) is 7.74. The van der Waals surface area contributed by atoms with E-state index in [1.165, 1.54) is 6.33 Å². The molecular weight excluding hydrogens is 208 g/mol. The van der Waals surface area contributed by atoms with E-state index in [2.05, 4.69) is 20.8 Å². The molecule has 1 aromatic heterocycles. The van der Waals surface area contributed by atoms with E-state index >= 15 is 0 Å². The van der Waals surface area contributed by atoms with Gasteiger partial charge < -0.3 is 9.47 Å². The van der Waals surface area contributed by atoms with Crippen LogP contribution in [0.15, 0.2) is 6.33 Å². The van der Waals surface area contributed by atoms with Gasteiger partial charge in [-0.25, -0.2) is 9.97 Å². The third-order valence-corrected chi connectivity index (χ3v) is 1.86. The molecule has 92 valence electrons. The van der Waals surface area contributed by atoms with Crippen LogP contribution in [0.2, 0.25) is 0 Å². The monoisotopic (exact) mass is 228 g/mol. The van der Waals surface area contributed by atoms with Gasteiger partial charge in [-0.2, -0.15) is 0 Å². The summed E-state index contributed by atoms with van der Waals surface area (Å²) in [6.07, 6.45) is 2.23. The summed E-state index contributed by atoms with van der Waals surface area (Å²) in [4.78, 5) is 7.93. The zero-order valence-corrected chi connectivity index (χ0v) is 10.5. The highest BCUT2D eigenvalue weighted by atomic mass is 16.5. The molecule has 16 heavy (non-hydrogen) atoms. The number of hydrogen-bond acceptors (Lipinski definition) is 6. The van der Waals surface area contributed by atoms with Gasteiger partial charge in [-0.1, -0.05) is 6.92 Å². The third kappa shape index (κ3) is 4.41. The summed E-state index contributed by atoms with van der Waals surface area (Å²) < 4.78 is 10.1. The molecule has 2 N–H and O–H groups in total. The van der Waals surface area contributed by atoms with Crippen molar-refractivity contribution in [2.75, 3.05) is 28.3 Å². The minimum absolute atomic E-state index is 0.587. The number of ether oxygens (including phenoxy) is 2. The second-order valence-electron chi connectivity index (χ2n) is 2.72. The lowest BCUT2D eigenvalue weighted by Crippen LogP contribution is -2.21. The predicted molar refractivity (Wildman–Crippen MR) is 62.6 cm³/mol. The fraction of sp³-hybridized carbons (Fsp3) is 0.600. The number of hydrazine groups is 1. The third-order valence-electron chi connectivity index (χ3n) is 1.86. The molecule has 0 unspecified atom stereocenters. The van der Waals surface area contributed by atoms with Crippen LogP contribution in [-0.2, 0) is 6.42 Å². The molecule has 1 heterocycles. The average Bonchev–Trinajstić information content (AvgIpc) is 2.37. The van der Waals surface area contributed by atoms with Crippen molar-refractivity contribution in [1.29, 1.82) is 0 Å². The van der Waals surface area contributed by atoms with Crippen LogP contribution in [0.5, 0.6) is 11.8 Å². The first-order valence-corrected chi connectivity index (χ1v) is 5.00. The van der Waals surface area contributed by atoms with E-state index in [9.17, 15) is 0 Å². The van der Waals surface area contributed by atoms with Gasteiger partial charge in [-0.15, -0.1) is 0 Å². The lowest BCUT2D eigenvalue weighted by Gasteiger charge is -2.07. The minimum Gasteiger partial charge on any atom is -0.481 e. The zero-order chi connectivity index (χ0) is 12.4. The van der Waals surface area contributed by atoms with Gasteiger partial charge in [0.1, 0.15) is 6.33 Å². The maximum Gasteiger partial charge on any atom is 0.223 e. The first kappa shape index (κ1) is 14.6. The van der Waals surface area contributed by atoms with Gasteiger partial charge in [0.25, 0.3) is 0 Å². The molecule has 0 radical (unpaired) electrons. The number of aromatic nitrogens is 2. The maximum atomic E-state index is 5.05. The Bertz CT molecular complexity index is 270. The van der Waals surface area contributed by atoms with E-state index in [-0.39, 0.29) is 0 Å². The highest BCUT2D eigenvalue weighted by Gasteiger charge is 2.09. The number of methoxy groups -OCH3 is 2. The van der Waals surface area contributed by atoms with E-state index in [1.807, 2.05) is 21.0 Å². The molecular formula is C10H20N4O2. The average molecular weight is 228 g/mol. The smallest absolute Gasteiger partial charge is 0.223 e. The predicted octanol–water partition coefficient (Wildman–Crippen LogP) is 0.396. The fourth-order valence-electron chi connectivity index (χ4n) is 1.04. The Labute approximate surface area is 96.4 Å². The molecule has 1 aromatic rings. The van der Waals surface area contributed by atoms with Gasteiger partial charge in [0.05, 0.1) is 19.8 Å². The molecule has 0 saturated carbocycles. The number of hydrogen-bond donors (Lipinski definition) is 2. The summed E-state index contributed by atoms with van der Waals surface area (Å²) >= 11 is 0. The quantitative estimate of drug-likeness (QED) is 0.727. The Morgan fingerprint density at radius 1 is 1.06 bits per heavy atom. The first-order valence-electron chi connectivity index (χ1n) is 5.00. The summed E-state index contributed by atoms with van der Waals surface area (Å²) in [5.74, 6) is 1.17. The molecule has 0 spiro atoms. The van der Waals surface area contributed by atoms with Gasteiger partial charge in [-0.3, -0.25) is 10.9 Å². The molecule has 0 atom stereocenters. The highest BCUT2D eigenvalue weighted by Crippen LogP contribution is 2.23. The molecule has 0 saturated heterocycles. The molecule has 6 heteroatoms. The van der Waals surface area contributed by atoms with Crippen molar-refractivity contribution in [3.8, 4) is 11.8 Å². The Morgan fingerprint density at radius 3 is 1.75 bits per heavy atom. The van der Waals surface area contributed by atoms with Crippen LogP contribution in [0.3, 0.4) is 0 Å². The topological polar surface area (TPSA) is 68.3 Å². The molecule has 1 rings (SSSR count). The van der Waals surface area contributed by atoms with E-state index in [0.29, 0.717) is 11.8 Å². The second kappa shape index (κ2) is 8.87. The van der Waals surface area contributed by atoms with Crippen LogP contribution in [0.4, 0.5) is 0 Å². The van der Waals surface area contributed by atoms with E-state index in [1.54, 1.807) is 14.2 Å². The van der Waals surface area contributed by atoms with Crippen LogP contribution in [0.1, 0.15) is 12.5 Å². The molecule has 0 amide bonds. The van der Waals surface area contributed by atoms with Crippen molar-refractivity contribution in [3.05, 3.63) is 11.9 Å². The Hall–Kier alpha value is -1.40. The summed E-state index contributed by atoms with van der Waals surface area (Å²) in [6.45, 7) is 2.00. The van der Waals surface area contributed by atoms with Gasteiger partial charge in [0, 0.05) is 0 Å². The second-order valence-corrected chi connectivity index (χ2v) is 2.72. The number of nitrogens with one attached hydrogen (secondary N) is 2. The van der Waals surface area contributed by atoms with Gasteiger partial charge in [0.15, 0.2) is 0 Å². The van der Waals surface area contributed by atoms with Crippen molar-refractivity contribution < 1.29 is 9.47 Å². The summed E-state index contributed by atoms with van der Waals surface area (Å²) in [5, 5.41) is 0. The number of rotatable bonds is 4.